The molecule has 0 saturated carbocycles. The number of nitrogens with zero attached hydrogens (tertiary/aromatic N) is 5. The monoisotopic (exact) mass is 483 g/mol. The maximum Gasteiger partial charge on any atom is 0.274 e. The summed E-state index contributed by atoms with van der Waals surface area (Å²) in [5, 5.41) is 4.06. The van der Waals surface area contributed by atoms with Gasteiger partial charge in [0.15, 0.2) is 5.82 Å². The molecule has 0 spiro atoms. The zero-order valence-corrected chi connectivity index (χ0v) is 21.2. The number of aryl methyl sites for hydroxylation is 1. The van der Waals surface area contributed by atoms with Gasteiger partial charge in [-0.15, -0.1) is 0 Å². The van der Waals surface area contributed by atoms with Crippen LogP contribution >= 0.6 is 0 Å². The molecule has 1 aromatic heterocycles. The predicted molar refractivity (Wildman–Crippen MR) is 131 cm³/mol. The van der Waals surface area contributed by atoms with Gasteiger partial charge in [0.25, 0.3) is 5.89 Å². The Labute approximate surface area is 202 Å². The van der Waals surface area contributed by atoms with Gasteiger partial charge < -0.3 is 9.42 Å². The lowest BCUT2D eigenvalue weighted by molar-refractivity contribution is 0.0415. The van der Waals surface area contributed by atoms with E-state index in [9.17, 15) is 8.42 Å². The van der Waals surface area contributed by atoms with Crippen LogP contribution < -0.4 is 0 Å². The molecule has 4 aliphatic heterocycles. The van der Waals surface area contributed by atoms with Crippen molar-refractivity contribution in [3.63, 3.8) is 0 Å². The Morgan fingerprint density at radius 1 is 1.38 bits per heavy atom. The van der Waals surface area contributed by atoms with Gasteiger partial charge in [0.05, 0.1) is 10.9 Å². The number of aromatic nitrogens is 2. The summed E-state index contributed by atoms with van der Waals surface area (Å²) < 4.78 is 32.3. The van der Waals surface area contributed by atoms with Crippen LogP contribution in [0.15, 0.2) is 57.3 Å². The molecule has 1 saturated heterocycles. The first-order chi connectivity index (χ1) is 16.2. The number of hydrogen-bond acceptors (Lipinski definition) is 7. The van der Waals surface area contributed by atoms with Crippen LogP contribution in [0.4, 0.5) is 0 Å². The molecule has 0 aromatic carbocycles. The molecule has 0 bridgehead atoms. The molecular weight excluding hydrogens is 450 g/mol. The van der Waals surface area contributed by atoms with Gasteiger partial charge in [0.1, 0.15) is 5.70 Å². The third-order valence-corrected chi connectivity index (χ3v) is 9.59. The summed E-state index contributed by atoms with van der Waals surface area (Å²) >= 11 is 0. The van der Waals surface area contributed by atoms with Crippen molar-refractivity contribution in [1.82, 2.24) is 24.2 Å². The molecule has 4 aliphatic rings. The summed E-state index contributed by atoms with van der Waals surface area (Å²) in [6.07, 6.45) is 12.5. The molecule has 0 N–H and O–H groups in total. The summed E-state index contributed by atoms with van der Waals surface area (Å²) in [4.78, 5) is 9.65. The average molecular weight is 484 g/mol. The smallest absolute Gasteiger partial charge is 0.274 e. The van der Waals surface area contributed by atoms with Crippen molar-refractivity contribution in [1.29, 1.82) is 0 Å². The minimum atomic E-state index is -3.58. The van der Waals surface area contributed by atoms with E-state index in [0.717, 1.165) is 50.2 Å². The molecule has 5 heterocycles. The van der Waals surface area contributed by atoms with Crippen LogP contribution in [0.5, 0.6) is 0 Å². The first kappa shape index (κ1) is 23.3. The molecule has 1 fully saturated rings. The molecule has 9 heteroatoms. The number of hydrogen-bond donors (Lipinski definition) is 0. The second kappa shape index (κ2) is 8.32. The Morgan fingerprint density at radius 2 is 2.18 bits per heavy atom. The first-order valence-electron chi connectivity index (χ1n) is 12.0. The number of rotatable bonds is 6. The number of sulfonamides is 1. The van der Waals surface area contributed by atoms with Crippen molar-refractivity contribution in [3.05, 3.63) is 64.5 Å². The summed E-state index contributed by atoms with van der Waals surface area (Å²) in [7, 11) is -0.522. The fourth-order valence-electron chi connectivity index (χ4n) is 6.02. The van der Waals surface area contributed by atoms with Gasteiger partial charge in [-0.05, 0) is 69.0 Å². The SMILES string of the molecule is C=C/C(=C\C=C1/CC2=C3[C@H]4N(CCC[C@@]4(CC)C=C(c4nc(C)no4)N31)CC2)S(=O)(=O)N(C)C. The van der Waals surface area contributed by atoms with Crippen LogP contribution in [0.2, 0.25) is 0 Å². The molecule has 0 amide bonds. The van der Waals surface area contributed by atoms with Gasteiger partial charge in [-0.1, -0.05) is 18.7 Å². The summed E-state index contributed by atoms with van der Waals surface area (Å²) in [5.41, 5.74) is 4.73. The maximum atomic E-state index is 12.7. The number of piperidine rings is 1. The van der Waals surface area contributed by atoms with E-state index in [0.29, 0.717) is 17.8 Å². The first-order valence-corrected chi connectivity index (χ1v) is 13.4. The lowest BCUT2D eigenvalue weighted by Crippen LogP contribution is -2.58. The zero-order chi connectivity index (χ0) is 24.3. The second-order valence-electron chi connectivity index (χ2n) is 9.77. The number of allylic oxidation sites excluding steroid dienone is 4. The zero-order valence-electron chi connectivity index (χ0n) is 20.4. The molecule has 1 aromatic rings. The Kier molecular flexibility index (Phi) is 5.69. The van der Waals surface area contributed by atoms with Crippen LogP contribution in [0, 0.1) is 12.3 Å². The van der Waals surface area contributed by atoms with E-state index in [1.807, 2.05) is 13.0 Å². The molecular formula is C25H33N5O3S. The van der Waals surface area contributed by atoms with Crippen molar-refractivity contribution in [3.8, 4) is 0 Å². The van der Waals surface area contributed by atoms with E-state index >= 15 is 0 Å². The second-order valence-corrected chi connectivity index (χ2v) is 11.9. The van der Waals surface area contributed by atoms with Crippen LogP contribution in [-0.4, -0.2) is 65.9 Å². The molecule has 34 heavy (non-hydrogen) atoms. The van der Waals surface area contributed by atoms with Crippen molar-refractivity contribution < 1.29 is 12.9 Å². The highest BCUT2D eigenvalue weighted by atomic mass is 32.2. The fourth-order valence-corrected chi connectivity index (χ4v) is 6.90. The minimum absolute atomic E-state index is 0.0271. The van der Waals surface area contributed by atoms with Gasteiger partial charge >= 0.3 is 0 Å². The average Bonchev–Trinajstić information content (AvgIpc) is 3.42. The Balaban J connectivity index is 1.68. The normalized spacial score (nSPS) is 28.6. The Bertz CT molecular complexity index is 1250. The molecule has 8 nitrogen and oxygen atoms in total. The topological polar surface area (TPSA) is 82.8 Å². The highest BCUT2D eigenvalue weighted by Crippen LogP contribution is 2.57. The van der Waals surface area contributed by atoms with E-state index in [1.54, 1.807) is 6.08 Å². The summed E-state index contributed by atoms with van der Waals surface area (Å²) in [6, 6.07) is 0.321. The highest BCUT2D eigenvalue weighted by Gasteiger charge is 2.54. The third kappa shape index (κ3) is 3.44. The van der Waals surface area contributed by atoms with Crippen molar-refractivity contribution in [2.75, 3.05) is 27.2 Å². The standard InChI is InChI=1S/C25H33N5O3S/c1-6-20(34(31,32)28(4)5)10-9-19-15-18-11-14-29-13-8-12-25(7-2)16-21(24-26-17(3)27-33-24)30(19)22(18)23(25)29/h6,9-10,16,23H,1,7-8,11-15H2,2-5H3/b19-9+,20-10+/t23-,25+/m1/s1. The van der Waals surface area contributed by atoms with Crippen LogP contribution in [0.3, 0.4) is 0 Å². The Morgan fingerprint density at radius 3 is 2.82 bits per heavy atom. The van der Waals surface area contributed by atoms with Crippen molar-refractivity contribution >= 4 is 15.7 Å². The quantitative estimate of drug-likeness (QED) is 0.569. The van der Waals surface area contributed by atoms with E-state index < -0.39 is 10.0 Å². The van der Waals surface area contributed by atoms with Gasteiger partial charge in [0.2, 0.25) is 10.0 Å². The van der Waals surface area contributed by atoms with Crippen LogP contribution in [-0.2, 0) is 10.0 Å². The summed E-state index contributed by atoms with van der Waals surface area (Å²) in [5.74, 6) is 1.11. The molecule has 5 rings (SSSR count). The van der Waals surface area contributed by atoms with Gasteiger partial charge in [-0.25, -0.2) is 12.7 Å². The van der Waals surface area contributed by atoms with E-state index in [4.69, 9.17) is 4.52 Å². The van der Waals surface area contributed by atoms with Crippen LogP contribution in [0.25, 0.3) is 5.70 Å². The minimum Gasteiger partial charge on any atom is -0.332 e. The molecule has 0 radical (unpaired) electrons. The van der Waals surface area contributed by atoms with E-state index in [-0.39, 0.29) is 10.3 Å². The van der Waals surface area contributed by atoms with Gasteiger partial charge in [-0.2, -0.15) is 4.98 Å². The lowest BCUT2D eigenvalue weighted by Gasteiger charge is -2.55. The molecule has 182 valence electrons. The predicted octanol–water partition coefficient (Wildman–Crippen LogP) is 3.80. The fraction of sp³-hybridized carbons (Fsp3) is 0.520. The Hall–Kier alpha value is -2.49. The molecule has 0 unspecified atom stereocenters. The van der Waals surface area contributed by atoms with Crippen molar-refractivity contribution in [2.24, 2.45) is 5.41 Å². The highest BCUT2D eigenvalue weighted by molar-refractivity contribution is 7.93. The van der Waals surface area contributed by atoms with Crippen LogP contribution in [0.1, 0.15) is 50.7 Å². The largest absolute Gasteiger partial charge is 0.332 e. The van der Waals surface area contributed by atoms with Gasteiger partial charge in [-0.3, -0.25) is 4.90 Å². The lowest BCUT2D eigenvalue weighted by atomic mass is 9.66. The third-order valence-electron chi connectivity index (χ3n) is 7.73. The molecule has 0 aliphatic carbocycles. The van der Waals surface area contributed by atoms with Gasteiger partial charge in [0, 0.05) is 43.9 Å². The van der Waals surface area contributed by atoms with Crippen molar-refractivity contribution in [2.45, 2.75) is 52.0 Å². The maximum absolute atomic E-state index is 12.7. The van der Waals surface area contributed by atoms with E-state index in [2.05, 4.69) is 39.5 Å². The summed E-state index contributed by atoms with van der Waals surface area (Å²) in [6.45, 7) is 10.0. The molecule has 2 atom stereocenters. The van der Waals surface area contributed by atoms with E-state index in [1.165, 1.54) is 42.2 Å².